The van der Waals surface area contributed by atoms with Crippen molar-refractivity contribution in [3.8, 4) is 11.5 Å². The number of hydrogen-bond donors (Lipinski definition) is 1. The molecule has 0 fully saturated rings. The Morgan fingerprint density at radius 3 is 1.75 bits per heavy atom. The van der Waals surface area contributed by atoms with Crippen LogP contribution in [0, 0.1) is 19.3 Å². The molecular weight excluding hydrogens is 400 g/mol. The normalized spacial score (nSPS) is 10.9. The molecule has 172 valence electrons. The van der Waals surface area contributed by atoms with Crippen molar-refractivity contribution in [1.29, 1.82) is 0 Å². The van der Waals surface area contributed by atoms with E-state index in [9.17, 15) is 9.59 Å². The Morgan fingerprint density at radius 1 is 0.938 bits per heavy atom. The number of phenols is 1. The highest BCUT2D eigenvalue weighted by Gasteiger charge is 2.22. The van der Waals surface area contributed by atoms with E-state index in [0.717, 1.165) is 5.56 Å². The fourth-order valence-corrected chi connectivity index (χ4v) is 2.19. The smallest absolute Gasteiger partial charge is 0.308 e. The lowest BCUT2D eigenvalue weighted by Crippen LogP contribution is -2.21. The molecule has 0 aliphatic carbocycles. The lowest BCUT2D eigenvalue weighted by Gasteiger charge is -2.16. The van der Waals surface area contributed by atoms with Crippen molar-refractivity contribution < 1.29 is 19.4 Å². The van der Waals surface area contributed by atoms with Crippen molar-refractivity contribution in [3.63, 3.8) is 0 Å². The van der Waals surface area contributed by atoms with Crippen LogP contribution < -0.4 is 4.74 Å². The van der Waals surface area contributed by atoms with Crippen LogP contribution in [0.1, 0.15) is 45.7 Å². The SMILES string of the molecule is C=C/C(=C\C=C/C)C(=O)C(C)(C)C.CC(=O)Oc1ccc(C)cc1.Cc1ccc(O)cc1. The predicted molar refractivity (Wildman–Crippen MR) is 133 cm³/mol. The predicted octanol–water partition coefficient (Wildman–Crippen LogP) is 6.91. The van der Waals surface area contributed by atoms with Crippen molar-refractivity contribution in [2.75, 3.05) is 0 Å². The molecule has 0 heterocycles. The number of ether oxygens (including phenoxy) is 1. The minimum atomic E-state index is -0.332. The standard InChI is InChI=1S/C12H18O.C9H10O2.C7H8O/c1-6-8-9-10(7-2)11(13)12(3,4)5;1-7-3-5-9(6-4-7)11-8(2)10;1-6-2-4-7(8)5-3-6/h6-9H,2H2,1,3-5H3;3-6H,1-2H3;2-5,8H,1H3/b8-6-,10-9+;;. The lowest BCUT2D eigenvalue weighted by molar-refractivity contribution is -0.131. The summed E-state index contributed by atoms with van der Waals surface area (Å²) in [4.78, 5) is 22.2. The number of hydrogen-bond acceptors (Lipinski definition) is 4. The summed E-state index contributed by atoms with van der Waals surface area (Å²) in [5.74, 6) is 0.771. The molecule has 4 nitrogen and oxygen atoms in total. The molecule has 0 aromatic heterocycles. The highest BCUT2D eigenvalue weighted by Crippen LogP contribution is 2.20. The second-order valence-corrected chi connectivity index (χ2v) is 8.17. The monoisotopic (exact) mass is 436 g/mol. The molecule has 1 N–H and O–H groups in total. The molecule has 4 heteroatoms. The quantitative estimate of drug-likeness (QED) is 0.245. The summed E-state index contributed by atoms with van der Waals surface area (Å²) in [6, 6.07) is 14.4. The van der Waals surface area contributed by atoms with Crippen LogP contribution in [0.4, 0.5) is 0 Å². The molecule has 0 spiro atoms. The van der Waals surface area contributed by atoms with Gasteiger partial charge in [-0.2, -0.15) is 0 Å². The third-order valence-corrected chi connectivity index (χ3v) is 3.95. The largest absolute Gasteiger partial charge is 0.508 e. The third kappa shape index (κ3) is 13.0. The number of benzene rings is 2. The fourth-order valence-electron chi connectivity index (χ4n) is 2.19. The highest BCUT2D eigenvalue weighted by atomic mass is 16.5. The molecule has 0 unspecified atom stereocenters. The number of carbonyl (C=O) groups is 2. The number of ketones is 1. The lowest BCUT2D eigenvalue weighted by atomic mass is 9.86. The van der Waals surface area contributed by atoms with E-state index >= 15 is 0 Å². The van der Waals surface area contributed by atoms with Crippen LogP contribution in [-0.4, -0.2) is 16.9 Å². The second-order valence-electron chi connectivity index (χ2n) is 8.17. The van der Waals surface area contributed by atoms with Crippen molar-refractivity contribution in [3.05, 3.63) is 96.1 Å². The summed E-state index contributed by atoms with van der Waals surface area (Å²) >= 11 is 0. The van der Waals surface area contributed by atoms with Gasteiger partial charge in [0.15, 0.2) is 5.78 Å². The third-order valence-electron chi connectivity index (χ3n) is 3.95. The van der Waals surface area contributed by atoms with Crippen molar-refractivity contribution in [2.24, 2.45) is 5.41 Å². The zero-order valence-corrected chi connectivity index (χ0v) is 20.3. The maximum Gasteiger partial charge on any atom is 0.308 e. The first-order chi connectivity index (χ1) is 14.9. The van der Waals surface area contributed by atoms with Crippen LogP contribution in [0.2, 0.25) is 0 Å². The highest BCUT2D eigenvalue weighted by molar-refractivity contribution is 6.01. The molecule has 0 aliphatic rings. The van der Waals surface area contributed by atoms with Gasteiger partial charge < -0.3 is 9.84 Å². The number of esters is 1. The molecule has 0 aliphatic heterocycles. The Morgan fingerprint density at radius 2 is 1.41 bits per heavy atom. The Bertz CT molecular complexity index is 888. The molecule has 2 aromatic rings. The average molecular weight is 437 g/mol. The first-order valence-corrected chi connectivity index (χ1v) is 10.4. The van der Waals surface area contributed by atoms with Crippen LogP contribution in [0.15, 0.2) is 85.0 Å². The molecule has 0 bridgehead atoms. The van der Waals surface area contributed by atoms with Crippen LogP contribution >= 0.6 is 0 Å². The summed E-state index contributed by atoms with van der Waals surface area (Å²) in [5, 5.41) is 8.76. The van der Waals surface area contributed by atoms with E-state index in [-0.39, 0.29) is 17.2 Å². The molecule has 0 atom stereocenters. The van der Waals surface area contributed by atoms with Crippen molar-refractivity contribution >= 4 is 11.8 Å². The molecule has 0 radical (unpaired) electrons. The van der Waals surface area contributed by atoms with E-state index in [1.807, 2.05) is 78.0 Å². The van der Waals surface area contributed by atoms with Gasteiger partial charge in [0.1, 0.15) is 11.5 Å². The summed E-state index contributed by atoms with van der Waals surface area (Å²) in [5.41, 5.74) is 2.66. The summed E-state index contributed by atoms with van der Waals surface area (Å²) < 4.78 is 4.83. The number of aryl methyl sites for hydroxylation is 2. The molecule has 2 aromatic carbocycles. The molecular formula is C28H36O4. The van der Waals surface area contributed by atoms with Gasteiger partial charge in [0.05, 0.1) is 0 Å². The zero-order chi connectivity index (χ0) is 24.7. The van der Waals surface area contributed by atoms with E-state index in [4.69, 9.17) is 9.84 Å². The van der Waals surface area contributed by atoms with E-state index in [1.165, 1.54) is 12.5 Å². The van der Waals surface area contributed by atoms with Crippen LogP contribution in [0.25, 0.3) is 0 Å². The Kier molecular flexibility index (Phi) is 13.0. The summed E-state index contributed by atoms with van der Waals surface area (Å²) in [6.07, 6.45) is 7.13. The van der Waals surface area contributed by atoms with Crippen LogP contribution in [-0.2, 0) is 9.59 Å². The molecule has 0 saturated heterocycles. The van der Waals surface area contributed by atoms with Gasteiger partial charge >= 0.3 is 5.97 Å². The van der Waals surface area contributed by atoms with Gasteiger partial charge in [0.2, 0.25) is 0 Å². The first-order valence-electron chi connectivity index (χ1n) is 10.4. The minimum Gasteiger partial charge on any atom is -0.508 e. The number of allylic oxidation sites excluding steroid dienone is 5. The maximum atomic E-state index is 11.7. The molecule has 0 saturated carbocycles. The number of rotatable bonds is 4. The molecule has 32 heavy (non-hydrogen) atoms. The number of carbonyl (C=O) groups excluding carboxylic acids is 2. The number of aromatic hydroxyl groups is 1. The summed E-state index contributed by atoms with van der Waals surface area (Å²) in [6.45, 7) is 16.6. The average Bonchev–Trinajstić information content (AvgIpc) is 2.72. The Labute approximate surface area is 193 Å². The van der Waals surface area contributed by atoms with Gasteiger partial charge in [0.25, 0.3) is 0 Å². The van der Waals surface area contributed by atoms with Gasteiger partial charge in [-0.25, -0.2) is 0 Å². The fraction of sp³-hybridized carbons (Fsp3) is 0.286. The topological polar surface area (TPSA) is 63.6 Å². The Hall–Kier alpha value is -3.40. The van der Waals surface area contributed by atoms with Gasteiger partial charge in [-0.15, -0.1) is 0 Å². The van der Waals surface area contributed by atoms with Gasteiger partial charge in [-0.1, -0.05) is 87.0 Å². The van der Waals surface area contributed by atoms with Gasteiger partial charge in [-0.05, 0) is 45.0 Å². The van der Waals surface area contributed by atoms with E-state index in [0.29, 0.717) is 17.1 Å². The minimum absolute atomic E-state index is 0.126. The maximum absolute atomic E-state index is 11.7. The number of phenolic OH excluding ortho intramolecular Hbond substituents is 1. The Balaban J connectivity index is 0.000000462. The summed E-state index contributed by atoms with van der Waals surface area (Å²) in [7, 11) is 0. The van der Waals surface area contributed by atoms with Gasteiger partial charge in [0, 0.05) is 17.9 Å². The zero-order valence-electron chi connectivity index (χ0n) is 20.3. The van der Waals surface area contributed by atoms with Crippen LogP contribution in [0.3, 0.4) is 0 Å². The van der Waals surface area contributed by atoms with Crippen LogP contribution in [0.5, 0.6) is 11.5 Å². The second kappa shape index (κ2) is 14.6. The van der Waals surface area contributed by atoms with E-state index < -0.39 is 0 Å². The van der Waals surface area contributed by atoms with Gasteiger partial charge in [-0.3, -0.25) is 9.59 Å². The molecule has 0 amide bonds. The van der Waals surface area contributed by atoms with E-state index in [1.54, 1.807) is 36.4 Å². The van der Waals surface area contributed by atoms with Crippen molar-refractivity contribution in [2.45, 2.75) is 48.5 Å². The first kappa shape index (κ1) is 28.6. The number of Topliss-reactive ketones (excluding diaryl/α,β-unsaturated/α-hetero) is 1. The van der Waals surface area contributed by atoms with Crippen molar-refractivity contribution in [1.82, 2.24) is 0 Å². The van der Waals surface area contributed by atoms with E-state index in [2.05, 4.69) is 6.58 Å². The molecule has 2 rings (SSSR count).